The van der Waals surface area contributed by atoms with E-state index in [-0.39, 0.29) is 11.1 Å². The molecule has 0 saturated heterocycles. The van der Waals surface area contributed by atoms with Gasteiger partial charge in [-0.25, -0.2) is 0 Å². The lowest BCUT2D eigenvalue weighted by Crippen LogP contribution is -2.02. The third-order valence-electron chi connectivity index (χ3n) is 3.56. The minimum atomic E-state index is -4.26. The zero-order valence-corrected chi connectivity index (χ0v) is 14.0. The largest absolute Gasteiger partial charge is 0.457 e. The van der Waals surface area contributed by atoms with Crippen LogP contribution in [0.3, 0.4) is 0 Å². The average molecular weight is 354 g/mol. The van der Waals surface area contributed by atoms with Crippen LogP contribution in [0.25, 0.3) is 0 Å². The number of ether oxygens (including phenoxy) is 1. The Hall–Kier alpha value is -2.72. The van der Waals surface area contributed by atoms with E-state index >= 15 is 0 Å². The predicted molar refractivity (Wildman–Crippen MR) is 94.5 cm³/mol. The minimum absolute atomic E-state index is 0.0661. The van der Waals surface area contributed by atoms with Gasteiger partial charge in [0.25, 0.3) is 0 Å². The number of carbonyl (C=O) groups excluding carboxylic acids is 1. The summed E-state index contributed by atoms with van der Waals surface area (Å²) in [4.78, 5) is 30.5. The molecule has 25 heavy (non-hydrogen) atoms. The summed E-state index contributed by atoms with van der Waals surface area (Å²) >= 11 is 0. The predicted octanol–water partition coefficient (Wildman–Crippen LogP) is 3.51. The normalized spacial score (nSPS) is 11.1. The van der Waals surface area contributed by atoms with Crippen LogP contribution in [0.2, 0.25) is 0 Å². The molecule has 3 aromatic rings. The third-order valence-corrected chi connectivity index (χ3v) is 4.53. The number of ketones is 1. The highest BCUT2D eigenvalue weighted by Gasteiger charge is 2.16. The van der Waals surface area contributed by atoms with Gasteiger partial charge in [-0.3, -0.25) is 9.36 Å². The fourth-order valence-electron chi connectivity index (χ4n) is 2.27. The van der Waals surface area contributed by atoms with Crippen molar-refractivity contribution in [3.63, 3.8) is 0 Å². The van der Waals surface area contributed by atoms with Crippen molar-refractivity contribution in [1.82, 2.24) is 0 Å². The highest BCUT2D eigenvalue weighted by Crippen LogP contribution is 2.34. The first-order valence-corrected chi connectivity index (χ1v) is 9.08. The quantitative estimate of drug-likeness (QED) is 0.541. The highest BCUT2D eigenvalue weighted by atomic mass is 31.2. The van der Waals surface area contributed by atoms with Crippen LogP contribution < -0.4 is 10.0 Å². The maximum absolute atomic E-state index is 12.3. The van der Waals surface area contributed by atoms with E-state index in [1.807, 2.05) is 18.2 Å². The fraction of sp³-hybridized carbons (Fsp3) is 0. The molecule has 0 radical (unpaired) electrons. The summed E-state index contributed by atoms with van der Waals surface area (Å²) in [6.07, 6.45) is 0. The first-order valence-electron chi connectivity index (χ1n) is 7.47. The van der Waals surface area contributed by atoms with E-state index < -0.39 is 7.60 Å². The van der Waals surface area contributed by atoms with Crippen LogP contribution in [0.5, 0.6) is 11.5 Å². The van der Waals surface area contributed by atoms with Crippen LogP contribution in [0, 0.1) is 0 Å². The molecule has 0 fully saturated rings. The van der Waals surface area contributed by atoms with Gasteiger partial charge in [0, 0.05) is 11.1 Å². The Balaban J connectivity index is 1.73. The Morgan fingerprint density at radius 1 is 0.720 bits per heavy atom. The van der Waals surface area contributed by atoms with E-state index in [2.05, 4.69) is 0 Å². The van der Waals surface area contributed by atoms with E-state index in [1.165, 1.54) is 24.3 Å². The lowest BCUT2D eigenvalue weighted by atomic mass is 10.0. The first-order chi connectivity index (χ1) is 11.9. The molecule has 0 heterocycles. The lowest BCUT2D eigenvalue weighted by Gasteiger charge is -2.08. The van der Waals surface area contributed by atoms with Crippen molar-refractivity contribution in [3.8, 4) is 11.5 Å². The van der Waals surface area contributed by atoms with E-state index in [0.29, 0.717) is 22.6 Å². The standard InChI is InChI=1S/C19H15O5P/c20-19(14-4-2-1-3-5-14)15-6-8-16(9-7-15)24-17-10-12-18(13-11-17)25(21,22)23/h1-13H,(H2,21,22,23). The molecule has 126 valence electrons. The summed E-state index contributed by atoms with van der Waals surface area (Å²) in [7, 11) is -4.26. The van der Waals surface area contributed by atoms with Gasteiger partial charge in [-0.05, 0) is 48.5 Å². The van der Waals surface area contributed by atoms with Crippen molar-refractivity contribution in [3.05, 3.63) is 90.0 Å². The first kappa shape index (κ1) is 17.1. The molecule has 5 nitrogen and oxygen atoms in total. The Bertz CT molecular complexity index is 912. The molecular formula is C19H15O5P. The van der Waals surface area contributed by atoms with Crippen LogP contribution >= 0.6 is 7.60 Å². The third kappa shape index (κ3) is 4.22. The van der Waals surface area contributed by atoms with E-state index in [0.717, 1.165) is 0 Å². The van der Waals surface area contributed by atoms with E-state index in [1.54, 1.807) is 36.4 Å². The van der Waals surface area contributed by atoms with Crippen LogP contribution in [0.1, 0.15) is 15.9 Å². The van der Waals surface area contributed by atoms with Crippen LogP contribution in [0.15, 0.2) is 78.9 Å². The second-order valence-electron chi connectivity index (χ2n) is 5.36. The molecular weight excluding hydrogens is 339 g/mol. The number of carbonyl (C=O) groups is 1. The van der Waals surface area contributed by atoms with Crippen LogP contribution in [-0.4, -0.2) is 15.6 Å². The molecule has 0 aliphatic rings. The topological polar surface area (TPSA) is 83.8 Å². The van der Waals surface area contributed by atoms with Gasteiger partial charge in [0.05, 0.1) is 5.30 Å². The summed E-state index contributed by atoms with van der Waals surface area (Å²) in [6.45, 7) is 0. The molecule has 3 rings (SSSR count). The molecule has 3 aromatic carbocycles. The molecule has 0 amide bonds. The summed E-state index contributed by atoms with van der Waals surface area (Å²) in [5.74, 6) is 0.894. The molecule has 0 atom stereocenters. The number of rotatable bonds is 5. The molecule has 2 N–H and O–H groups in total. The van der Waals surface area contributed by atoms with Gasteiger partial charge in [0.2, 0.25) is 0 Å². The molecule has 0 saturated carbocycles. The summed E-state index contributed by atoms with van der Waals surface area (Å²) in [6, 6.07) is 21.3. The van der Waals surface area contributed by atoms with Gasteiger partial charge < -0.3 is 14.5 Å². The molecule has 0 bridgehead atoms. The molecule has 0 aliphatic carbocycles. The van der Waals surface area contributed by atoms with Gasteiger partial charge >= 0.3 is 7.60 Å². The maximum Gasteiger partial charge on any atom is 0.356 e. The maximum atomic E-state index is 12.3. The van der Waals surface area contributed by atoms with Crippen LogP contribution in [-0.2, 0) is 4.57 Å². The average Bonchev–Trinajstić information content (AvgIpc) is 2.62. The lowest BCUT2D eigenvalue weighted by molar-refractivity contribution is 0.103. The summed E-state index contributed by atoms with van der Waals surface area (Å²) < 4.78 is 16.8. The van der Waals surface area contributed by atoms with Crippen molar-refractivity contribution < 1.29 is 23.9 Å². The van der Waals surface area contributed by atoms with Crippen molar-refractivity contribution in [2.75, 3.05) is 0 Å². The number of hydrogen-bond donors (Lipinski definition) is 2. The zero-order chi connectivity index (χ0) is 17.9. The Labute approximate surface area is 144 Å². The van der Waals surface area contributed by atoms with Crippen LogP contribution in [0.4, 0.5) is 0 Å². The van der Waals surface area contributed by atoms with Crippen molar-refractivity contribution in [1.29, 1.82) is 0 Å². The van der Waals surface area contributed by atoms with Gasteiger partial charge in [-0.2, -0.15) is 0 Å². The molecule has 0 spiro atoms. The van der Waals surface area contributed by atoms with E-state index in [4.69, 9.17) is 14.5 Å². The van der Waals surface area contributed by atoms with E-state index in [9.17, 15) is 9.36 Å². The Morgan fingerprint density at radius 3 is 1.72 bits per heavy atom. The van der Waals surface area contributed by atoms with Crippen molar-refractivity contribution >= 4 is 18.7 Å². The number of hydrogen-bond acceptors (Lipinski definition) is 3. The SMILES string of the molecule is O=C(c1ccccc1)c1ccc(Oc2ccc(P(=O)(O)O)cc2)cc1. The smallest absolute Gasteiger partial charge is 0.356 e. The zero-order valence-electron chi connectivity index (χ0n) is 13.1. The second-order valence-corrected chi connectivity index (χ2v) is 6.96. The highest BCUT2D eigenvalue weighted by molar-refractivity contribution is 7.60. The van der Waals surface area contributed by atoms with Gasteiger partial charge in [0.15, 0.2) is 5.78 Å². The minimum Gasteiger partial charge on any atom is -0.457 e. The number of benzene rings is 3. The van der Waals surface area contributed by atoms with Gasteiger partial charge in [0.1, 0.15) is 11.5 Å². The molecule has 6 heteroatoms. The fourth-order valence-corrected chi connectivity index (χ4v) is 2.81. The Kier molecular flexibility index (Phi) is 4.81. The second kappa shape index (κ2) is 7.03. The summed E-state index contributed by atoms with van der Waals surface area (Å²) in [5, 5.41) is -0.0661. The molecule has 0 aliphatic heterocycles. The van der Waals surface area contributed by atoms with Gasteiger partial charge in [-0.15, -0.1) is 0 Å². The summed E-state index contributed by atoms with van der Waals surface area (Å²) in [5.41, 5.74) is 1.17. The monoisotopic (exact) mass is 354 g/mol. The Morgan fingerprint density at radius 2 is 1.20 bits per heavy atom. The molecule has 0 aromatic heterocycles. The van der Waals surface area contributed by atoms with Crippen molar-refractivity contribution in [2.45, 2.75) is 0 Å². The molecule has 0 unspecified atom stereocenters. The van der Waals surface area contributed by atoms with Gasteiger partial charge in [-0.1, -0.05) is 30.3 Å². The van der Waals surface area contributed by atoms with Crippen molar-refractivity contribution in [2.24, 2.45) is 0 Å².